The predicted molar refractivity (Wildman–Crippen MR) is 101 cm³/mol. The monoisotopic (exact) mass is 370 g/mol. The maximum absolute atomic E-state index is 13.1. The molecule has 0 radical (unpaired) electrons. The zero-order chi connectivity index (χ0) is 18.3. The van der Waals surface area contributed by atoms with Crippen LogP contribution >= 0.6 is 11.3 Å². The predicted octanol–water partition coefficient (Wildman–Crippen LogP) is 3.29. The molecule has 4 rings (SSSR count). The second-order valence-corrected chi connectivity index (χ2v) is 8.20. The highest BCUT2D eigenvalue weighted by atomic mass is 32.1. The minimum atomic E-state index is -0.230. The highest BCUT2D eigenvalue weighted by Crippen LogP contribution is 2.33. The summed E-state index contributed by atoms with van der Waals surface area (Å²) in [7, 11) is 0. The number of aryl methyl sites for hydroxylation is 1. The van der Waals surface area contributed by atoms with Crippen LogP contribution in [0.3, 0.4) is 0 Å². The largest absolute Gasteiger partial charge is 0.338 e. The molecule has 5 nitrogen and oxygen atoms in total. The van der Waals surface area contributed by atoms with Gasteiger partial charge in [-0.1, -0.05) is 6.07 Å². The van der Waals surface area contributed by atoms with Crippen molar-refractivity contribution in [3.8, 4) is 0 Å². The van der Waals surface area contributed by atoms with E-state index in [-0.39, 0.29) is 34.8 Å². The topological polar surface area (TPSA) is 59.4 Å². The Labute approximate surface area is 156 Å². The Balaban J connectivity index is 1.58. The van der Waals surface area contributed by atoms with Crippen LogP contribution in [0.25, 0.3) is 0 Å². The number of likely N-dealkylation sites (tertiary alicyclic amines) is 1. The number of rotatable bonds is 4. The molecule has 1 saturated heterocycles. The molecule has 136 valence electrons. The standard InChI is InChI=1S/C20H22N2O3S/c1-13-8-10-22(15-6-7-15)20(25)17(13)19(24)21-9-2-4-14(12-21)18(23)16-5-3-11-26-16/h3,5,8,10-11,14-15H,2,4,6-7,9,12H2,1H3. The average molecular weight is 370 g/mol. The summed E-state index contributed by atoms with van der Waals surface area (Å²) in [6.07, 6.45) is 5.37. The fourth-order valence-corrected chi connectivity index (χ4v) is 4.44. The van der Waals surface area contributed by atoms with E-state index in [2.05, 4.69) is 0 Å². The van der Waals surface area contributed by atoms with Gasteiger partial charge in [-0.3, -0.25) is 14.4 Å². The third kappa shape index (κ3) is 3.14. The Kier molecular flexibility index (Phi) is 4.53. The second kappa shape index (κ2) is 6.83. The number of piperidine rings is 1. The Hall–Kier alpha value is -2.21. The van der Waals surface area contributed by atoms with E-state index in [0.29, 0.717) is 18.7 Å². The minimum absolute atomic E-state index is 0.109. The molecule has 6 heteroatoms. The van der Waals surface area contributed by atoms with Crippen molar-refractivity contribution >= 4 is 23.0 Å². The van der Waals surface area contributed by atoms with E-state index >= 15 is 0 Å². The zero-order valence-electron chi connectivity index (χ0n) is 14.8. The number of hydrogen-bond acceptors (Lipinski definition) is 4. The first-order chi connectivity index (χ1) is 12.6. The van der Waals surface area contributed by atoms with Crippen molar-refractivity contribution in [3.05, 3.63) is 56.1 Å². The molecule has 2 aliphatic rings. The zero-order valence-corrected chi connectivity index (χ0v) is 15.6. The Morgan fingerprint density at radius 3 is 2.69 bits per heavy atom. The van der Waals surface area contributed by atoms with Gasteiger partial charge < -0.3 is 9.47 Å². The van der Waals surface area contributed by atoms with Crippen LogP contribution in [0.1, 0.15) is 57.3 Å². The molecule has 1 amide bonds. The van der Waals surface area contributed by atoms with Crippen LogP contribution in [0, 0.1) is 12.8 Å². The Bertz CT molecular complexity index is 896. The summed E-state index contributed by atoms with van der Waals surface area (Å²) in [5, 5.41) is 1.90. The molecule has 1 aliphatic carbocycles. The van der Waals surface area contributed by atoms with Gasteiger partial charge in [-0.05, 0) is 55.7 Å². The van der Waals surface area contributed by atoms with E-state index in [1.807, 2.05) is 30.5 Å². The third-order valence-corrected chi connectivity index (χ3v) is 6.21. The Morgan fingerprint density at radius 2 is 2.00 bits per heavy atom. The molecule has 0 aromatic carbocycles. The van der Waals surface area contributed by atoms with Gasteiger partial charge in [0.25, 0.3) is 11.5 Å². The van der Waals surface area contributed by atoms with Crippen LogP contribution in [0.15, 0.2) is 34.6 Å². The molecule has 0 spiro atoms. The average Bonchev–Trinajstić information content (AvgIpc) is 3.34. The summed E-state index contributed by atoms with van der Waals surface area (Å²) in [5.74, 6) is -0.301. The van der Waals surface area contributed by atoms with Gasteiger partial charge in [-0.15, -0.1) is 11.3 Å². The lowest BCUT2D eigenvalue weighted by molar-refractivity contribution is 0.0635. The number of aromatic nitrogens is 1. The molecule has 2 aromatic rings. The van der Waals surface area contributed by atoms with E-state index in [1.165, 1.54) is 11.3 Å². The SMILES string of the molecule is Cc1ccn(C2CC2)c(=O)c1C(=O)N1CCCC(C(=O)c2cccs2)C1. The van der Waals surface area contributed by atoms with Gasteiger partial charge in [0.2, 0.25) is 0 Å². The summed E-state index contributed by atoms with van der Waals surface area (Å²) in [4.78, 5) is 41.0. The quantitative estimate of drug-likeness (QED) is 0.776. The van der Waals surface area contributed by atoms with Crippen molar-refractivity contribution in [2.24, 2.45) is 5.92 Å². The number of hydrogen-bond donors (Lipinski definition) is 0. The van der Waals surface area contributed by atoms with Crippen molar-refractivity contribution < 1.29 is 9.59 Å². The molecule has 3 heterocycles. The summed E-state index contributed by atoms with van der Waals surface area (Å²) >= 11 is 1.44. The van der Waals surface area contributed by atoms with Crippen molar-refractivity contribution in [2.45, 2.75) is 38.6 Å². The van der Waals surface area contributed by atoms with Crippen LogP contribution in [-0.4, -0.2) is 34.2 Å². The Morgan fingerprint density at radius 1 is 1.19 bits per heavy atom. The van der Waals surface area contributed by atoms with Crippen LogP contribution in [0.2, 0.25) is 0 Å². The van der Waals surface area contributed by atoms with E-state index in [0.717, 1.165) is 30.6 Å². The van der Waals surface area contributed by atoms with Crippen LogP contribution in [0.5, 0.6) is 0 Å². The smallest absolute Gasteiger partial charge is 0.263 e. The molecule has 2 fully saturated rings. The van der Waals surface area contributed by atoms with Crippen LogP contribution in [0.4, 0.5) is 0 Å². The molecule has 0 bridgehead atoms. The van der Waals surface area contributed by atoms with Gasteiger partial charge in [0.05, 0.1) is 4.88 Å². The molecule has 1 unspecified atom stereocenters. The van der Waals surface area contributed by atoms with E-state index in [4.69, 9.17) is 0 Å². The molecule has 1 aliphatic heterocycles. The van der Waals surface area contributed by atoms with Gasteiger partial charge in [-0.2, -0.15) is 0 Å². The molecule has 0 N–H and O–H groups in total. The first-order valence-electron chi connectivity index (χ1n) is 9.15. The number of amides is 1. The van der Waals surface area contributed by atoms with Crippen molar-refractivity contribution in [3.63, 3.8) is 0 Å². The normalized spacial score (nSPS) is 20.2. The van der Waals surface area contributed by atoms with Gasteiger partial charge in [0.15, 0.2) is 5.78 Å². The first kappa shape index (κ1) is 17.2. The van der Waals surface area contributed by atoms with Crippen LogP contribution < -0.4 is 5.56 Å². The lowest BCUT2D eigenvalue weighted by atomic mass is 9.92. The highest BCUT2D eigenvalue weighted by Gasteiger charge is 2.33. The molecule has 1 atom stereocenters. The summed E-state index contributed by atoms with van der Waals surface area (Å²) in [5.41, 5.74) is 0.788. The first-order valence-corrected chi connectivity index (χ1v) is 10.0. The van der Waals surface area contributed by atoms with Gasteiger partial charge in [0.1, 0.15) is 5.56 Å². The minimum Gasteiger partial charge on any atom is -0.338 e. The van der Waals surface area contributed by atoms with Crippen molar-refractivity contribution in [1.29, 1.82) is 0 Å². The second-order valence-electron chi connectivity index (χ2n) is 7.25. The highest BCUT2D eigenvalue weighted by molar-refractivity contribution is 7.12. The number of carbonyl (C=O) groups is 2. The molecule has 2 aromatic heterocycles. The summed E-state index contributed by atoms with van der Waals surface area (Å²) in [6, 6.07) is 5.80. The van der Waals surface area contributed by atoms with Crippen molar-refractivity contribution in [2.75, 3.05) is 13.1 Å². The number of ketones is 1. The van der Waals surface area contributed by atoms with Gasteiger partial charge in [-0.25, -0.2) is 0 Å². The van der Waals surface area contributed by atoms with Gasteiger partial charge in [0, 0.05) is 31.2 Å². The fourth-order valence-electron chi connectivity index (χ4n) is 3.69. The summed E-state index contributed by atoms with van der Waals surface area (Å²) in [6.45, 7) is 2.81. The fraction of sp³-hybridized carbons (Fsp3) is 0.450. The molecular weight excluding hydrogens is 348 g/mol. The number of thiophene rings is 1. The maximum Gasteiger partial charge on any atom is 0.263 e. The summed E-state index contributed by atoms with van der Waals surface area (Å²) < 4.78 is 1.69. The van der Waals surface area contributed by atoms with E-state index < -0.39 is 0 Å². The molecule has 26 heavy (non-hydrogen) atoms. The maximum atomic E-state index is 13.1. The number of nitrogens with zero attached hydrogens (tertiary/aromatic N) is 2. The number of Topliss-reactive ketones (excluding diaryl/α,β-unsaturated/α-hetero) is 1. The van der Waals surface area contributed by atoms with Crippen molar-refractivity contribution in [1.82, 2.24) is 9.47 Å². The van der Waals surface area contributed by atoms with Gasteiger partial charge >= 0.3 is 0 Å². The molecular formula is C20H22N2O3S. The number of pyridine rings is 1. The lowest BCUT2D eigenvalue weighted by Gasteiger charge is -2.32. The van der Waals surface area contributed by atoms with Crippen LogP contribution in [-0.2, 0) is 0 Å². The number of carbonyl (C=O) groups excluding carboxylic acids is 2. The molecule has 1 saturated carbocycles. The van der Waals surface area contributed by atoms with E-state index in [9.17, 15) is 14.4 Å². The third-order valence-electron chi connectivity index (χ3n) is 5.33. The van der Waals surface area contributed by atoms with E-state index in [1.54, 1.807) is 15.7 Å². The lowest BCUT2D eigenvalue weighted by Crippen LogP contribution is -2.44.